The van der Waals surface area contributed by atoms with Crippen LogP contribution >= 0.6 is 28.3 Å². The normalized spacial score (nSPS) is 16.7. The number of halogens is 2. The van der Waals surface area contributed by atoms with Gasteiger partial charge in [-0.15, -0.1) is 12.4 Å². The van der Waals surface area contributed by atoms with Gasteiger partial charge in [0.2, 0.25) is 10.0 Å². The van der Waals surface area contributed by atoms with Crippen LogP contribution in [0.25, 0.3) is 0 Å². The number of primary sulfonamides is 1. The lowest BCUT2D eigenvalue weighted by atomic mass is 9.96. The van der Waals surface area contributed by atoms with E-state index in [9.17, 15) is 13.2 Å². The van der Waals surface area contributed by atoms with Crippen LogP contribution in [0, 0.1) is 6.92 Å². The van der Waals surface area contributed by atoms with Gasteiger partial charge in [-0.05, 0) is 37.5 Å². The molecular formula is C14H21BrClN3O3S. The molecule has 0 spiro atoms. The Morgan fingerprint density at radius 2 is 1.91 bits per heavy atom. The highest BCUT2D eigenvalue weighted by atomic mass is 79.9. The summed E-state index contributed by atoms with van der Waals surface area (Å²) in [7, 11) is -3.89. The summed E-state index contributed by atoms with van der Waals surface area (Å²) in [5.41, 5.74) is 6.06. The number of carbonyl (C=O) groups is 1. The molecule has 2 rings (SSSR count). The Morgan fingerprint density at radius 1 is 1.35 bits per heavy atom. The zero-order valence-corrected chi connectivity index (χ0v) is 16.0. The number of carbonyl (C=O) groups excluding carboxylic acids is 1. The topological polar surface area (TPSA) is 115 Å². The Morgan fingerprint density at radius 3 is 2.39 bits per heavy atom. The quantitative estimate of drug-likeness (QED) is 0.681. The molecule has 5 N–H and O–H groups in total. The second kappa shape index (κ2) is 7.48. The van der Waals surface area contributed by atoms with Gasteiger partial charge in [-0.2, -0.15) is 0 Å². The van der Waals surface area contributed by atoms with Crippen molar-refractivity contribution in [2.24, 2.45) is 10.9 Å². The van der Waals surface area contributed by atoms with Crippen molar-refractivity contribution in [1.29, 1.82) is 0 Å². The highest BCUT2D eigenvalue weighted by molar-refractivity contribution is 9.10. The molecule has 0 atom stereocenters. The van der Waals surface area contributed by atoms with Crippen molar-refractivity contribution in [2.75, 3.05) is 6.54 Å². The first-order chi connectivity index (χ1) is 10.2. The third kappa shape index (κ3) is 4.45. The van der Waals surface area contributed by atoms with Gasteiger partial charge in [-0.3, -0.25) is 4.79 Å². The van der Waals surface area contributed by atoms with Crippen LogP contribution in [-0.4, -0.2) is 26.4 Å². The van der Waals surface area contributed by atoms with Crippen molar-refractivity contribution in [2.45, 2.75) is 43.0 Å². The van der Waals surface area contributed by atoms with E-state index < -0.39 is 15.6 Å². The number of nitrogens with one attached hydrogen (secondary N) is 1. The molecule has 0 aromatic heterocycles. The molecule has 1 aliphatic carbocycles. The zero-order valence-electron chi connectivity index (χ0n) is 12.8. The number of sulfonamides is 1. The maximum Gasteiger partial charge on any atom is 0.252 e. The van der Waals surface area contributed by atoms with Crippen LogP contribution in [0.15, 0.2) is 21.5 Å². The van der Waals surface area contributed by atoms with Gasteiger partial charge in [0.25, 0.3) is 5.91 Å². The van der Waals surface area contributed by atoms with Crippen molar-refractivity contribution in [3.05, 3.63) is 27.7 Å². The summed E-state index contributed by atoms with van der Waals surface area (Å²) in [6, 6.07) is 2.99. The summed E-state index contributed by atoms with van der Waals surface area (Å²) < 4.78 is 23.8. The summed E-state index contributed by atoms with van der Waals surface area (Å²) >= 11 is 3.23. The second-order valence-corrected chi connectivity index (χ2v) is 8.21. The molecule has 1 aromatic carbocycles. The minimum absolute atomic E-state index is 0. The van der Waals surface area contributed by atoms with Gasteiger partial charge >= 0.3 is 0 Å². The first kappa shape index (κ1) is 20.4. The summed E-state index contributed by atoms with van der Waals surface area (Å²) in [6.07, 6.45) is 3.73. The summed E-state index contributed by atoms with van der Waals surface area (Å²) in [5, 5.41) is 8.20. The van der Waals surface area contributed by atoms with Crippen molar-refractivity contribution in [1.82, 2.24) is 5.32 Å². The Balaban J connectivity index is 0.00000264. The molecule has 0 bridgehead atoms. The lowest BCUT2D eigenvalue weighted by molar-refractivity contribution is 0.0902. The SMILES string of the molecule is Cc1c(C(=O)NC2(CN)CCCC2)cc(Br)cc1S(N)(=O)=O.Cl. The Kier molecular flexibility index (Phi) is 6.63. The van der Waals surface area contributed by atoms with E-state index in [0.717, 1.165) is 25.7 Å². The number of benzene rings is 1. The largest absolute Gasteiger partial charge is 0.345 e. The lowest BCUT2D eigenvalue weighted by Crippen LogP contribution is -2.51. The summed E-state index contributed by atoms with van der Waals surface area (Å²) in [6.45, 7) is 1.94. The lowest BCUT2D eigenvalue weighted by Gasteiger charge is -2.29. The molecule has 0 radical (unpaired) electrons. The van der Waals surface area contributed by atoms with Crippen molar-refractivity contribution in [3.63, 3.8) is 0 Å². The molecule has 9 heteroatoms. The number of nitrogens with two attached hydrogens (primary N) is 2. The van der Waals surface area contributed by atoms with Crippen LogP contribution in [-0.2, 0) is 10.0 Å². The average molecular weight is 427 g/mol. The molecule has 1 aliphatic rings. The van der Waals surface area contributed by atoms with Crippen LogP contribution in [0.3, 0.4) is 0 Å². The predicted molar refractivity (Wildman–Crippen MR) is 95.2 cm³/mol. The first-order valence-corrected chi connectivity index (χ1v) is 9.38. The number of amides is 1. The Labute approximate surface area is 151 Å². The fourth-order valence-corrected chi connectivity index (χ4v) is 4.36. The monoisotopic (exact) mass is 425 g/mol. The number of hydrogen-bond donors (Lipinski definition) is 3. The van der Waals surface area contributed by atoms with Crippen molar-refractivity contribution >= 4 is 44.3 Å². The fourth-order valence-electron chi connectivity index (χ4n) is 2.93. The van der Waals surface area contributed by atoms with Gasteiger partial charge in [-0.1, -0.05) is 28.8 Å². The van der Waals surface area contributed by atoms with Crippen LogP contribution in [0.2, 0.25) is 0 Å². The van der Waals surface area contributed by atoms with Crippen LogP contribution in [0.4, 0.5) is 0 Å². The van der Waals surface area contributed by atoms with Crippen LogP contribution < -0.4 is 16.2 Å². The average Bonchev–Trinajstić information content (AvgIpc) is 2.88. The molecule has 1 aromatic rings. The molecule has 0 unspecified atom stereocenters. The van der Waals surface area contributed by atoms with Crippen LogP contribution in [0.5, 0.6) is 0 Å². The Bertz CT molecular complexity index is 703. The highest BCUT2D eigenvalue weighted by Gasteiger charge is 2.34. The Hall–Kier alpha value is -0.670. The smallest absolute Gasteiger partial charge is 0.252 e. The van der Waals surface area contributed by atoms with E-state index in [1.54, 1.807) is 13.0 Å². The molecule has 0 heterocycles. The van der Waals surface area contributed by atoms with Gasteiger partial charge < -0.3 is 11.1 Å². The van der Waals surface area contributed by atoms with E-state index in [4.69, 9.17) is 10.9 Å². The van der Waals surface area contributed by atoms with Gasteiger partial charge in [0, 0.05) is 16.6 Å². The van der Waals surface area contributed by atoms with E-state index in [-0.39, 0.29) is 28.8 Å². The minimum atomic E-state index is -3.89. The minimum Gasteiger partial charge on any atom is -0.345 e. The summed E-state index contributed by atoms with van der Waals surface area (Å²) in [4.78, 5) is 12.5. The van der Waals surface area contributed by atoms with E-state index >= 15 is 0 Å². The van der Waals surface area contributed by atoms with Crippen LogP contribution in [0.1, 0.15) is 41.6 Å². The second-order valence-electron chi connectivity index (χ2n) is 5.77. The third-order valence-corrected chi connectivity index (χ3v) is 5.70. The van der Waals surface area contributed by atoms with Gasteiger partial charge in [0.1, 0.15) is 0 Å². The standard InChI is InChI=1S/C14H20BrN3O3S.ClH/c1-9-11(6-10(15)7-12(9)22(17,20)21)13(19)18-14(8-16)4-2-3-5-14;/h6-7H,2-5,8,16H2,1H3,(H,18,19)(H2,17,20,21);1H. The van der Waals surface area contributed by atoms with E-state index in [2.05, 4.69) is 21.2 Å². The molecule has 130 valence electrons. The molecule has 1 amide bonds. The van der Waals surface area contributed by atoms with Gasteiger partial charge in [0.05, 0.1) is 10.4 Å². The molecule has 23 heavy (non-hydrogen) atoms. The number of rotatable bonds is 4. The van der Waals surface area contributed by atoms with E-state index in [0.29, 0.717) is 16.6 Å². The maximum atomic E-state index is 12.6. The first-order valence-electron chi connectivity index (χ1n) is 7.04. The highest BCUT2D eigenvalue weighted by Crippen LogP contribution is 2.30. The molecule has 0 saturated heterocycles. The predicted octanol–water partition coefficient (Wildman–Crippen LogP) is 1.83. The van der Waals surface area contributed by atoms with Crippen molar-refractivity contribution < 1.29 is 13.2 Å². The van der Waals surface area contributed by atoms with E-state index in [1.165, 1.54) is 6.07 Å². The maximum absolute atomic E-state index is 12.6. The van der Waals surface area contributed by atoms with Crippen molar-refractivity contribution in [3.8, 4) is 0 Å². The van der Waals surface area contributed by atoms with Gasteiger partial charge in [-0.25, -0.2) is 13.6 Å². The zero-order chi connectivity index (χ0) is 16.5. The molecule has 0 aliphatic heterocycles. The summed E-state index contributed by atoms with van der Waals surface area (Å²) in [5.74, 6) is -0.323. The molecule has 1 fully saturated rings. The number of hydrogen-bond acceptors (Lipinski definition) is 4. The molecule has 1 saturated carbocycles. The van der Waals surface area contributed by atoms with E-state index in [1.807, 2.05) is 0 Å². The third-order valence-electron chi connectivity index (χ3n) is 4.21. The molecular weight excluding hydrogens is 406 g/mol. The van der Waals surface area contributed by atoms with Gasteiger partial charge in [0.15, 0.2) is 0 Å². The fraction of sp³-hybridized carbons (Fsp3) is 0.500. The molecule has 6 nitrogen and oxygen atoms in total.